The first-order chi connectivity index (χ1) is 9.98. The van der Waals surface area contributed by atoms with Crippen LogP contribution in [-0.4, -0.2) is 44.5 Å². The number of benzene rings is 1. The average Bonchev–Trinajstić information content (AvgIpc) is 2.36. The van der Waals surface area contributed by atoms with Gasteiger partial charge in [0.15, 0.2) is 0 Å². The number of nitrogens with two attached hydrogens (primary N) is 1. The molecule has 0 aliphatic heterocycles. The van der Waals surface area contributed by atoms with Gasteiger partial charge < -0.3 is 5.73 Å². The Kier molecular flexibility index (Phi) is 3.69. The monoisotopic (exact) mass is 346 g/mol. The van der Waals surface area contributed by atoms with Crippen LogP contribution in [-0.2, 0) is 20.2 Å². The number of nitrogen functional groups attached to an aromatic ring is 1. The highest BCUT2D eigenvalue weighted by molar-refractivity contribution is 7.86. The lowest BCUT2D eigenvalue weighted by Crippen LogP contribution is -2.22. The first-order valence-electron chi connectivity index (χ1n) is 5.59. The van der Waals surface area contributed by atoms with Crippen molar-refractivity contribution in [2.75, 3.05) is 12.8 Å². The minimum Gasteiger partial charge on any atom is -0.397 e. The molecule has 0 amide bonds. The van der Waals surface area contributed by atoms with Gasteiger partial charge in [-0.3, -0.25) is 18.9 Å². The molecule has 1 aliphatic carbocycles. The van der Waals surface area contributed by atoms with Gasteiger partial charge in [-0.1, -0.05) is 6.08 Å². The van der Waals surface area contributed by atoms with E-state index in [1.807, 2.05) is 0 Å². The number of aliphatic imine (C=N–C) groups is 1. The second kappa shape index (κ2) is 4.98. The lowest BCUT2D eigenvalue weighted by molar-refractivity contribution is 0.106. The molecule has 0 heterocycles. The standard InChI is InChI=1S/C11H10N2O7S2/c1-13-6-3-2-5-7(21(15,16)17)4-8(22(18,19)20)10(12)9(5)11(6)14/h2-4H,12H2,1H3,(H,15,16,17)(H,18,19,20). The van der Waals surface area contributed by atoms with Crippen molar-refractivity contribution >= 4 is 43.5 Å². The number of anilines is 1. The van der Waals surface area contributed by atoms with Gasteiger partial charge in [0.1, 0.15) is 15.5 Å². The lowest BCUT2D eigenvalue weighted by atomic mass is 9.93. The van der Waals surface area contributed by atoms with E-state index in [9.17, 15) is 26.2 Å². The molecule has 118 valence electrons. The molecule has 0 spiro atoms. The maximum Gasteiger partial charge on any atom is 0.296 e. The van der Waals surface area contributed by atoms with Crippen LogP contribution in [0.15, 0.2) is 26.9 Å². The van der Waals surface area contributed by atoms with Gasteiger partial charge in [-0.25, -0.2) is 0 Å². The Balaban J connectivity index is 3.05. The van der Waals surface area contributed by atoms with Crippen LogP contribution in [0.25, 0.3) is 6.08 Å². The molecule has 0 saturated carbocycles. The summed E-state index contributed by atoms with van der Waals surface area (Å²) >= 11 is 0. The molecular weight excluding hydrogens is 336 g/mol. The predicted octanol–water partition coefficient (Wildman–Crippen LogP) is 0.0425. The van der Waals surface area contributed by atoms with Crippen molar-refractivity contribution in [1.82, 2.24) is 0 Å². The number of ketones is 1. The minimum atomic E-state index is -4.91. The largest absolute Gasteiger partial charge is 0.397 e. The van der Waals surface area contributed by atoms with Crippen LogP contribution >= 0.6 is 0 Å². The summed E-state index contributed by atoms with van der Waals surface area (Å²) < 4.78 is 63.8. The van der Waals surface area contributed by atoms with Gasteiger partial charge in [-0.15, -0.1) is 0 Å². The Morgan fingerprint density at radius 1 is 1.05 bits per heavy atom. The number of hydrogen-bond acceptors (Lipinski definition) is 7. The molecule has 0 atom stereocenters. The molecule has 1 aliphatic rings. The highest BCUT2D eigenvalue weighted by Gasteiger charge is 2.32. The second-order valence-corrected chi connectivity index (χ2v) is 7.08. The van der Waals surface area contributed by atoms with Gasteiger partial charge in [0.05, 0.1) is 11.3 Å². The second-order valence-electron chi connectivity index (χ2n) is 4.30. The van der Waals surface area contributed by atoms with Crippen LogP contribution in [0.4, 0.5) is 5.69 Å². The molecule has 9 nitrogen and oxygen atoms in total. The van der Waals surface area contributed by atoms with Crippen molar-refractivity contribution < 1.29 is 30.7 Å². The molecule has 0 bridgehead atoms. The molecule has 1 aromatic carbocycles. The van der Waals surface area contributed by atoms with Crippen molar-refractivity contribution in [2.24, 2.45) is 4.99 Å². The molecule has 1 aromatic rings. The predicted molar refractivity (Wildman–Crippen MR) is 77.2 cm³/mol. The molecule has 0 aromatic heterocycles. The number of fused-ring (bicyclic) bond motifs is 1. The smallest absolute Gasteiger partial charge is 0.296 e. The maximum absolute atomic E-state index is 12.2. The lowest BCUT2D eigenvalue weighted by Gasteiger charge is -2.18. The molecular formula is C11H10N2O7S2. The fraction of sp³-hybridized carbons (Fsp3) is 0.0909. The van der Waals surface area contributed by atoms with Crippen LogP contribution in [0.5, 0.6) is 0 Å². The summed E-state index contributed by atoms with van der Waals surface area (Å²) in [6.07, 6.45) is 2.36. The summed E-state index contributed by atoms with van der Waals surface area (Å²) in [5.41, 5.74) is 4.13. The van der Waals surface area contributed by atoms with Crippen molar-refractivity contribution in [1.29, 1.82) is 0 Å². The van der Waals surface area contributed by atoms with Gasteiger partial charge in [0, 0.05) is 12.6 Å². The molecule has 0 unspecified atom stereocenters. The van der Waals surface area contributed by atoms with E-state index >= 15 is 0 Å². The van der Waals surface area contributed by atoms with Gasteiger partial charge >= 0.3 is 0 Å². The number of nitrogens with zero attached hydrogens (tertiary/aromatic N) is 1. The molecule has 0 radical (unpaired) electrons. The number of carbonyl (C=O) groups excluding carboxylic acids is 1. The Bertz CT molecular complexity index is 957. The van der Waals surface area contributed by atoms with Crippen LogP contribution in [0.3, 0.4) is 0 Å². The van der Waals surface area contributed by atoms with Gasteiger partial charge in [-0.05, 0) is 12.1 Å². The van der Waals surface area contributed by atoms with Crippen LogP contribution < -0.4 is 5.73 Å². The highest BCUT2D eigenvalue weighted by Crippen LogP contribution is 2.35. The zero-order valence-electron chi connectivity index (χ0n) is 11.0. The van der Waals surface area contributed by atoms with Gasteiger partial charge in [0.25, 0.3) is 20.2 Å². The van der Waals surface area contributed by atoms with Crippen LogP contribution in [0, 0.1) is 0 Å². The number of carbonyl (C=O) groups is 1. The van der Waals surface area contributed by atoms with Crippen LogP contribution in [0.1, 0.15) is 15.9 Å². The van der Waals surface area contributed by atoms with Crippen LogP contribution in [0.2, 0.25) is 0 Å². The van der Waals surface area contributed by atoms with Crippen molar-refractivity contribution in [2.45, 2.75) is 9.79 Å². The van der Waals surface area contributed by atoms with E-state index in [4.69, 9.17) is 10.3 Å². The summed E-state index contributed by atoms with van der Waals surface area (Å²) in [6.45, 7) is 0. The normalized spacial score (nSPS) is 16.9. The zero-order chi connectivity index (χ0) is 16.9. The van der Waals surface area contributed by atoms with Gasteiger partial charge in [-0.2, -0.15) is 16.8 Å². The average molecular weight is 346 g/mol. The third kappa shape index (κ3) is 2.54. The fourth-order valence-electron chi connectivity index (χ4n) is 2.05. The van der Waals surface area contributed by atoms with Crippen molar-refractivity contribution in [3.8, 4) is 0 Å². The first kappa shape index (κ1) is 16.3. The Morgan fingerprint density at radius 3 is 2.05 bits per heavy atom. The van der Waals surface area contributed by atoms with E-state index in [0.717, 1.165) is 6.08 Å². The third-order valence-corrected chi connectivity index (χ3v) is 4.78. The van der Waals surface area contributed by atoms with Crippen molar-refractivity contribution in [3.63, 3.8) is 0 Å². The zero-order valence-corrected chi connectivity index (χ0v) is 12.6. The quantitative estimate of drug-likeness (QED) is 0.499. The number of Topliss-reactive ketones (excluding diaryl/α,β-unsaturated/α-hetero) is 1. The minimum absolute atomic E-state index is 0.0898. The molecule has 11 heteroatoms. The molecule has 2 rings (SSSR count). The van der Waals surface area contributed by atoms with E-state index in [-0.39, 0.29) is 11.3 Å². The summed E-state index contributed by atoms with van der Waals surface area (Å²) in [4.78, 5) is 14.0. The Labute approximate surface area is 125 Å². The summed E-state index contributed by atoms with van der Waals surface area (Å²) in [5, 5.41) is 0. The van der Waals surface area contributed by atoms with E-state index in [2.05, 4.69) is 4.99 Å². The number of allylic oxidation sites excluding steroid dienone is 1. The van der Waals surface area contributed by atoms with E-state index < -0.39 is 47.1 Å². The van der Waals surface area contributed by atoms with E-state index in [0.29, 0.717) is 6.07 Å². The Hall–Kier alpha value is -2.08. The SMILES string of the molecule is CN=C1C=Cc2c(S(=O)(=O)O)cc(S(=O)(=O)O)c(N)c2C1=O. The van der Waals surface area contributed by atoms with Gasteiger partial charge in [0.2, 0.25) is 5.78 Å². The summed E-state index contributed by atoms with van der Waals surface area (Å²) in [6, 6.07) is 0.491. The number of hydrogen-bond donors (Lipinski definition) is 3. The van der Waals surface area contributed by atoms with Crippen molar-refractivity contribution in [3.05, 3.63) is 23.3 Å². The molecule has 0 saturated heterocycles. The third-order valence-electron chi connectivity index (χ3n) is 3.00. The fourth-order valence-corrected chi connectivity index (χ4v) is 3.48. The number of rotatable bonds is 2. The molecule has 0 fully saturated rings. The van der Waals surface area contributed by atoms with E-state index in [1.165, 1.54) is 13.1 Å². The summed E-state index contributed by atoms with van der Waals surface area (Å²) in [7, 11) is -8.48. The topological polar surface area (TPSA) is 164 Å². The maximum atomic E-state index is 12.2. The van der Waals surface area contributed by atoms with E-state index in [1.54, 1.807) is 0 Å². The molecule has 22 heavy (non-hydrogen) atoms. The summed E-state index contributed by atoms with van der Waals surface area (Å²) in [5.74, 6) is -0.826. The first-order valence-corrected chi connectivity index (χ1v) is 8.47. The highest BCUT2D eigenvalue weighted by atomic mass is 32.2. The molecule has 4 N–H and O–H groups in total. The Morgan fingerprint density at radius 2 is 1.59 bits per heavy atom.